The van der Waals surface area contributed by atoms with Crippen molar-refractivity contribution < 1.29 is 22.7 Å². The molecule has 1 atom stereocenters. The van der Waals surface area contributed by atoms with Gasteiger partial charge >= 0.3 is 12.1 Å². The molecular formula is C17H19F3N6O2. The Balaban J connectivity index is 1.67. The number of nitrogens with zero attached hydrogens (tertiary/aromatic N) is 4. The number of hydrogen-bond donors (Lipinski definition) is 2. The number of cyclic esters (lactones) is 1. The molecule has 11 heteroatoms. The average molecular weight is 396 g/mol. The SMILES string of the molecule is CNc1nc(Nc2cc(C3(C)CCOC3=O)nn2C2CC2)ncc1C(F)(F)F. The number of rotatable bonds is 5. The number of hydrogen-bond acceptors (Lipinski definition) is 7. The molecule has 3 heterocycles. The fraction of sp³-hybridized carbons (Fsp3) is 0.529. The van der Waals surface area contributed by atoms with Crippen LogP contribution >= 0.6 is 0 Å². The molecule has 2 aromatic heterocycles. The Kier molecular flexibility index (Phi) is 4.20. The third kappa shape index (κ3) is 3.14. The van der Waals surface area contributed by atoms with Crippen molar-refractivity contribution in [3.63, 3.8) is 0 Å². The zero-order valence-corrected chi connectivity index (χ0v) is 15.3. The second-order valence-corrected chi connectivity index (χ2v) is 7.14. The third-order valence-corrected chi connectivity index (χ3v) is 5.05. The summed E-state index contributed by atoms with van der Waals surface area (Å²) in [6.45, 7) is 2.11. The standard InChI is InChI=1S/C17H19F3N6O2/c1-16(5-6-28-14(16)27)11-7-12(26(25-11)9-3-4-9)23-15-22-8-10(17(18,19)20)13(21-2)24-15/h7-9H,3-6H2,1-2H3,(H2,21,22,23,24). The Morgan fingerprint density at radius 3 is 2.68 bits per heavy atom. The highest BCUT2D eigenvalue weighted by molar-refractivity contribution is 5.84. The number of ether oxygens (including phenoxy) is 1. The molecule has 1 saturated heterocycles. The van der Waals surface area contributed by atoms with Crippen molar-refractivity contribution in [2.24, 2.45) is 0 Å². The van der Waals surface area contributed by atoms with E-state index in [4.69, 9.17) is 4.74 Å². The molecule has 0 spiro atoms. The summed E-state index contributed by atoms with van der Waals surface area (Å²) in [7, 11) is 1.36. The summed E-state index contributed by atoms with van der Waals surface area (Å²) in [5, 5.41) is 9.96. The van der Waals surface area contributed by atoms with Crippen molar-refractivity contribution in [2.45, 2.75) is 43.8 Å². The summed E-state index contributed by atoms with van der Waals surface area (Å²) in [4.78, 5) is 19.9. The van der Waals surface area contributed by atoms with Gasteiger partial charge in [0.15, 0.2) is 0 Å². The van der Waals surface area contributed by atoms with E-state index < -0.39 is 17.2 Å². The molecule has 2 N–H and O–H groups in total. The van der Waals surface area contributed by atoms with Crippen molar-refractivity contribution >= 4 is 23.6 Å². The summed E-state index contributed by atoms with van der Waals surface area (Å²) < 4.78 is 45.9. The minimum Gasteiger partial charge on any atom is -0.465 e. The fourth-order valence-corrected chi connectivity index (χ4v) is 3.15. The van der Waals surface area contributed by atoms with E-state index in [0.717, 1.165) is 19.0 Å². The van der Waals surface area contributed by atoms with Gasteiger partial charge in [0.2, 0.25) is 5.95 Å². The maximum atomic E-state index is 13.0. The van der Waals surface area contributed by atoms with Gasteiger partial charge in [0.05, 0.1) is 18.3 Å². The average Bonchev–Trinajstić information content (AvgIpc) is 3.31. The van der Waals surface area contributed by atoms with Crippen molar-refractivity contribution in [3.8, 4) is 0 Å². The lowest BCUT2D eigenvalue weighted by Crippen LogP contribution is -2.28. The van der Waals surface area contributed by atoms with E-state index in [9.17, 15) is 18.0 Å². The summed E-state index contributed by atoms with van der Waals surface area (Å²) >= 11 is 0. The summed E-state index contributed by atoms with van der Waals surface area (Å²) in [6.07, 6.45) is -1.43. The quantitative estimate of drug-likeness (QED) is 0.751. The van der Waals surface area contributed by atoms with Crippen molar-refractivity contribution in [3.05, 3.63) is 23.5 Å². The van der Waals surface area contributed by atoms with E-state index in [2.05, 4.69) is 25.7 Å². The minimum absolute atomic E-state index is 0.00449. The van der Waals surface area contributed by atoms with Crippen molar-refractivity contribution in [1.82, 2.24) is 19.7 Å². The Morgan fingerprint density at radius 1 is 1.36 bits per heavy atom. The molecule has 0 aromatic carbocycles. The lowest BCUT2D eigenvalue weighted by atomic mass is 9.85. The second kappa shape index (κ2) is 6.35. The van der Waals surface area contributed by atoms with Crippen molar-refractivity contribution in [2.75, 3.05) is 24.3 Å². The number of nitrogens with one attached hydrogen (secondary N) is 2. The molecular weight excluding hydrogens is 377 g/mol. The molecule has 0 radical (unpaired) electrons. The van der Waals surface area contributed by atoms with Gasteiger partial charge in [-0.3, -0.25) is 4.79 Å². The first-order chi connectivity index (χ1) is 13.2. The summed E-state index contributed by atoms with van der Waals surface area (Å²) in [5.74, 6) is -0.123. The predicted molar refractivity (Wildman–Crippen MR) is 93.3 cm³/mol. The van der Waals surface area contributed by atoms with Crippen LogP contribution in [0.3, 0.4) is 0 Å². The normalized spacial score (nSPS) is 22.2. The Labute approximate surface area is 158 Å². The van der Waals surface area contributed by atoms with Crippen LogP contribution in [0.5, 0.6) is 0 Å². The number of carbonyl (C=O) groups excluding carboxylic acids is 1. The number of halogens is 3. The van der Waals surface area contributed by atoms with Crippen LogP contribution in [0.4, 0.5) is 30.8 Å². The van der Waals surface area contributed by atoms with Crippen LogP contribution in [0.25, 0.3) is 0 Å². The van der Waals surface area contributed by atoms with Crippen LogP contribution in [-0.4, -0.2) is 39.4 Å². The minimum atomic E-state index is -4.56. The number of esters is 1. The number of alkyl halides is 3. The van der Waals surface area contributed by atoms with Crippen LogP contribution in [0.2, 0.25) is 0 Å². The first kappa shape index (κ1) is 18.5. The highest BCUT2D eigenvalue weighted by Gasteiger charge is 2.45. The Bertz CT molecular complexity index is 924. The molecule has 2 aliphatic rings. The van der Waals surface area contributed by atoms with E-state index in [1.165, 1.54) is 7.05 Å². The largest absolute Gasteiger partial charge is 0.465 e. The highest BCUT2D eigenvalue weighted by Crippen LogP contribution is 2.41. The van der Waals surface area contributed by atoms with Crippen molar-refractivity contribution in [1.29, 1.82) is 0 Å². The monoisotopic (exact) mass is 396 g/mol. The van der Waals surface area contributed by atoms with Gasteiger partial charge in [-0.1, -0.05) is 0 Å². The molecule has 2 aromatic rings. The smallest absolute Gasteiger partial charge is 0.421 e. The lowest BCUT2D eigenvalue weighted by molar-refractivity contribution is -0.142. The van der Waals surface area contributed by atoms with Gasteiger partial charge in [-0.25, -0.2) is 9.67 Å². The predicted octanol–water partition coefficient (Wildman–Crippen LogP) is 3.02. The van der Waals surface area contributed by atoms with Gasteiger partial charge in [0, 0.05) is 25.7 Å². The molecule has 1 aliphatic heterocycles. The maximum absolute atomic E-state index is 13.0. The van der Waals surface area contributed by atoms with Crippen LogP contribution in [-0.2, 0) is 21.1 Å². The van der Waals surface area contributed by atoms with Gasteiger partial charge in [0.1, 0.15) is 22.6 Å². The van der Waals surface area contributed by atoms with E-state index >= 15 is 0 Å². The van der Waals surface area contributed by atoms with E-state index in [-0.39, 0.29) is 23.8 Å². The zero-order valence-electron chi connectivity index (χ0n) is 15.3. The summed E-state index contributed by atoms with van der Waals surface area (Å²) in [5.41, 5.74) is -1.23. The van der Waals surface area contributed by atoms with Gasteiger partial charge < -0.3 is 15.4 Å². The molecule has 4 rings (SSSR count). The zero-order chi connectivity index (χ0) is 20.1. The van der Waals surface area contributed by atoms with Crippen LogP contribution in [0.15, 0.2) is 12.3 Å². The van der Waals surface area contributed by atoms with Crippen LogP contribution in [0, 0.1) is 0 Å². The molecule has 0 bridgehead atoms. The molecule has 1 saturated carbocycles. The van der Waals surface area contributed by atoms with E-state index in [0.29, 0.717) is 24.5 Å². The lowest BCUT2D eigenvalue weighted by Gasteiger charge is -2.15. The molecule has 1 aliphatic carbocycles. The number of anilines is 3. The fourth-order valence-electron chi connectivity index (χ4n) is 3.15. The molecule has 1 unspecified atom stereocenters. The van der Waals surface area contributed by atoms with Crippen LogP contribution < -0.4 is 10.6 Å². The molecule has 28 heavy (non-hydrogen) atoms. The van der Waals surface area contributed by atoms with Gasteiger partial charge in [-0.05, 0) is 19.8 Å². The van der Waals surface area contributed by atoms with Gasteiger partial charge in [-0.15, -0.1) is 0 Å². The maximum Gasteiger partial charge on any atom is 0.421 e. The molecule has 0 amide bonds. The van der Waals surface area contributed by atoms with E-state index in [1.54, 1.807) is 17.7 Å². The highest BCUT2D eigenvalue weighted by atomic mass is 19.4. The van der Waals surface area contributed by atoms with Gasteiger partial charge in [0.25, 0.3) is 0 Å². The number of carbonyl (C=O) groups is 1. The molecule has 2 fully saturated rings. The molecule has 150 valence electrons. The van der Waals surface area contributed by atoms with Gasteiger partial charge in [-0.2, -0.15) is 23.3 Å². The first-order valence-corrected chi connectivity index (χ1v) is 8.88. The molecule has 8 nitrogen and oxygen atoms in total. The topological polar surface area (TPSA) is 94.0 Å². The van der Waals surface area contributed by atoms with E-state index in [1.807, 2.05) is 0 Å². The Hall–Kier alpha value is -2.85. The first-order valence-electron chi connectivity index (χ1n) is 8.88. The second-order valence-electron chi connectivity index (χ2n) is 7.14. The Morgan fingerprint density at radius 2 is 2.11 bits per heavy atom. The van der Waals surface area contributed by atoms with Crippen LogP contribution in [0.1, 0.15) is 43.5 Å². The summed E-state index contributed by atoms with van der Waals surface area (Å²) in [6, 6.07) is 1.89. The number of aromatic nitrogens is 4. The third-order valence-electron chi connectivity index (χ3n) is 5.05.